The summed E-state index contributed by atoms with van der Waals surface area (Å²) < 4.78 is 0. The van der Waals surface area contributed by atoms with Crippen molar-refractivity contribution in [2.24, 2.45) is 5.92 Å². The predicted octanol–water partition coefficient (Wildman–Crippen LogP) is -0.912. The van der Waals surface area contributed by atoms with E-state index in [1.807, 2.05) is 0 Å². The van der Waals surface area contributed by atoms with Gasteiger partial charge in [0.05, 0.1) is 0 Å². The number of hydrogen-bond acceptors (Lipinski definition) is 5. The molecule has 0 aromatic heterocycles. The highest BCUT2D eigenvalue weighted by Gasteiger charge is 2.31. The van der Waals surface area contributed by atoms with Gasteiger partial charge in [0.15, 0.2) is 0 Å². The number of aliphatic hydroxyl groups excluding tert-OH is 1. The van der Waals surface area contributed by atoms with Gasteiger partial charge in [-0.25, -0.2) is 5.43 Å². The minimum Gasteiger partial charge on any atom is -0.480 e. The summed E-state index contributed by atoms with van der Waals surface area (Å²) in [6, 6.07) is -1.64. The van der Waals surface area contributed by atoms with Crippen LogP contribution in [0.3, 0.4) is 0 Å². The molecule has 0 aromatic carbocycles. The molecule has 2 amide bonds. The number of carbonyl (C=O) groups excluding carboxylic acids is 2. The van der Waals surface area contributed by atoms with Crippen molar-refractivity contribution in [2.75, 3.05) is 6.54 Å². The molecule has 0 saturated carbocycles. The average Bonchev–Trinajstić information content (AvgIpc) is 2.45. The van der Waals surface area contributed by atoms with Gasteiger partial charge < -0.3 is 15.5 Å². The summed E-state index contributed by atoms with van der Waals surface area (Å²) in [5.41, 5.74) is 2.63. The lowest BCUT2D eigenvalue weighted by Gasteiger charge is -2.33. The first-order valence-electron chi connectivity index (χ1n) is 7.02. The molecule has 120 valence electrons. The minimum atomic E-state index is -1.18. The molecule has 1 rings (SSSR count). The van der Waals surface area contributed by atoms with Gasteiger partial charge >= 0.3 is 5.97 Å². The zero-order chi connectivity index (χ0) is 16.2. The SMILES string of the molecule is CC(C)[C@H](O)C(=O)N[C@@H](C)C(=O)N1CCC[C@@H](C(=O)O)N1. The van der Waals surface area contributed by atoms with Crippen molar-refractivity contribution in [3.63, 3.8) is 0 Å². The fraction of sp³-hybridized carbons (Fsp3) is 0.769. The Morgan fingerprint density at radius 1 is 1.29 bits per heavy atom. The van der Waals surface area contributed by atoms with E-state index in [0.717, 1.165) is 0 Å². The first-order valence-corrected chi connectivity index (χ1v) is 7.02. The van der Waals surface area contributed by atoms with Crippen LogP contribution in [-0.2, 0) is 14.4 Å². The summed E-state index contributed by atoms with van der Waals surface area (Å²) in [5, 5.41) is 22.2. The maximum Gasteiger partial charge on any atom is 0.322 e. The summed E-state index contributed by atoms with van der Waals surface area (Å²) in [6.45, 7) is 5.27. The Kier molecular flexibility index (Phi) is 6.10. The van der Waals surface area contributed by atoms with Crippen molar-refractivity contribution in [3.8, 4) is 0 Å². The smallest absolute Gasteiger partial charge is 0.322 e. The normalized spacial score (nSPS) is 21.8. The molecule has 21 heavy (non-hydrogen) atoms. The van der Waals surface area contributed by atoms with Crippen LogP contribution in [0.1, 0.15) is 33.6 Å². The van der Waals surface area contributed by atoms with E-state index in [0.29, 0.717) is 19.4 Å². The number of amides is 2. The van der Waals surface area contributed by atoms with Crippen LogP contribution < -0.4 is 10.7 Å². The van der Waals surface area contributed by atoms with Crippen molar-refractivity contribution in [1.82, 2.24) is 15.8 Å². The molecule has 0 aromatic rings. The Morgan fingerprint density at radius 2 is 1.90 bits per heavy atom. The number of aliphatic carboxylic acids is 1. The van der Waals surface area contributed by atoms with Crippen molar-refractivity contribution in [3.05, 3.63) is 0 Å². The van der Waals surface area contributed by atoms with E-state index in [4.69, 9.17) is 5.11 Å². The van der Waals surface area contributed by atoms with Gasteiger partial charge in [-0.15, -0.1) is 0 Å². The molecule has 0 spiro atoms. The zero-order valence-electron chi connectivity index (χ0n) is 12.5. The molecule has 0 bridgehead atoms. The number of carboxylic acid groups (broad SMARTS) is 1. The van der Waals surface area contributed by atoms with Gasteiger partial charge in [0.2, 0.25) is 5.91 Å². The first-order chi connectivity index (χ1) is 9.73. The number of hydrazine groups is 1. The second kappa shape index (κ2) is 7.37. The van der Waals surface area contributed by atoms with E-state index >= 15 is 0 Å². The van der Waals surface area contributed by atoms with Gasteiger partial charge in [-0.1, -0.05) is 13.8 Å². The summed E-state index contributed by atoms with van der Waals surface area (Å²) in [6.07, 6.45) is -0.155. The van der Waals surface area contributed by atoms with E-state index in [1.54, 1.807) is 13.8 Å². The van der Waals surface area contributed by atoms with Crippen LogP contribution in [0.25, 0.3) is 0 Å². The van der Waals surface area contributed by atoms with E-state index in [-0.39, 0.29) is 5.92 Å². The molecule has 0 aliphatic carbocycles. The molecule has 1 aliphatic rings. The molecule has 0 unspecified atom stereocenters. The molecule has 1 heterocycles. The number of carboxylic acids is 1. The Morgan fingerprint density at radius 3 is 2.43 bits per heavy atom. The van der Waals surface area contributed by atoms with Gasteiger partial charge in [-0.2, -0.15) is 0 Å². The van der Waals surface area contributed by atoms with Gasteiger partial charge in [-0.05, 0) is 25.7 Å². The number of aliphatic hydroxyl groups is 1. The molecule has 3 atom stereocenters. The number of nitrogens with one attached hydrogen (secondary N) is 2. The van der Waals surface area contributed by atoms with Crippen molar-refractivity contribution in [2.45, 2.75) is 51.8 Å². The topological polar surface area (TPSA) is 119 Å². The molecule has 0 radical (unpaired) electrons. The average molecular weight is 301 g/mol. The van der Waals surface area contributed by atoms with Gasteiger partial charge in [0.25, 0.3) is 5.91 Å². The fourth-order valence-electron chi connectivity index (χ4n) is 2.02. The monoisotopic (exact) mass is 301 g/mol. The maximum atomic E-state index is 12.2. The highest BCUT2D eigenvalue weighted by atomic mass is 16.4. The molecular formula is C13H23N3O5. The van der Waals surface area contributed by atoms with E-state index in [2.05, 4.69) is 10.7 Å². The first kappa shape index (κ1) is 17.4. The lowest BCUT2D eigenvalue weighted by Crippen LogP contribution is -2.59. The van der Waals surface area contributed by atoms with Crippen LogP contribution in [0.5, 0.6) is 0 Å². The third-order valence-corrected chi connectivity index (χ3v) is 3.38. The Bertz CT molecular complexity index is 413. The maximum absolute atomic E-state index is 12.2. The van der Waals surface area contributed by atoms with Crippen molar-refractivity contribution < 1.29 is 24.6 Å². The molecule has 1 saturated heterocycles. The Labute approximate surface area is 123 Å². The molecule has 1 fully saturated rings. The van der Waals surface area contributed by atoms with Gasteiger partial charge in [0, 0.05) is 6.54 Å². The highest BCUT2D eigenvalue weighted by molar-refractivity contribution is 5.89. The number of carbonyl (C=O) groups is 3. The van der Waals surface area contributed by atoms with E-state index in [9.17, 15) is 19.5 Å². The van der Waals surface area contributed by atoms with E-state index in [1.165, 1.54) is 11.9 Å². The number of nitrogens with zero attached hydrogens (tertiary/aromatic N) is 1. The van der Waals surface area contributed by atoms with Crippen LogP contribution in [0.15, 0.2) is 0 Å². The van der Waals surface area contributed by atoms with E-state index < -0.39 is 36.0 Å². The zero-order valence-corrected chi connectivity index (χ0v) is 12.5. The number of hydrogen-bond donors (Lipinski definition) is 4. The quantitative estimate of drug-likeness (QED) is 0.522. The lowest BCUT2D eigenvalue weighted by molar-refractivity contribution is -0.149. The summed E-state index contributed by atoms with van der Waals surface area (Å²) in [5.74, 6) is -2.31. The van der Waals surface area contributed by atoms with Crippen LogP contribution >= 0.6 is 0 Å². The summed E-state index contributed by atoms with van der Waals surface area (Å²) in [7, 11) is 0. The highest BCUT2D eigenvalue weighted by Crippen LogP contribution is 2.09. The Hall–Kier alpha value is -1.67. The van der Waals surface area contributed by atoms with Crippen molar-refractivity contribution >= 4 is 17.8 Å². The molecule has 8 heteroatoms. The number of rotatable bonds is 5. The van der Waals surface area contributed by atoms with Crippen LogP contribution in [0.4, 0.5) is 0 Å². The summed E-state index contributed by atoms with van der Waals surface area (Å²) in [4.78, 5) is 34.8. The fourth-order valence-corrected chi connectivity index (χ4v) is 2.02. The molecule has 4 N–H and O–H groups in total. The third kappa shape index (κ3) is 4.68. The van der Waals surface area contributed by atoms with Crippen LogP contribution in [0.2, 0.25) is 0 Å². The lowest BCUT2D eigenvalue weighted by atomic mass is 10.1. The van der Waals surface area contributed by atoms with Crippen molar-refractivity contribution in [1.29, 1.82) is 0 Å². The molecular weight excluding hydrogens is 278 g/mol. The third-order valence-electron chi connectivity index (χ3n) is 3.38. The summed E-state index contributed by atoms with van der Waals surface area (Å²) >= 11 is 0. The molecule has 1 aliphatic heterocycles. The standard InChI is InChI=1S/C13H23N3O5/c1-7(2)10(17)11(18)14-8(3)12(19)16-6-4-5-9(15-16)13(20)21/h7-10,15,17H,4-6H2,1-3H3,(H,14,18)(H,20,21)/t8-,9-,10-/m0/s1. The Balaban J connectivity index is 2.57. The predicted molar refractivity (Wildman–Crippen MR) is 74.0 cm³/mol. The second-order valence-corrected chi connectivity index (χ2v) is 5.57. The minimum absolute atomic E-state index is 0.253. The van der Waals surface area contributed by atoms with Crippen LogP contribution in [-0.4, -0.2) is 57.7 Å². The van der Waals surface area contributed by atoms with Gasteiger partial charge in [-0.3, -0.25) is 19.4 Å². The van der Waals surface area contributed by atoms with Gasteiger partial charge in [0.1, 0.15) is 18.2 Å². The van der Waals surface area contributed by atoms with Crippen LogP contribution in [0, 0.1) is 5.92 Å². The largest absolute Gasteiger partial charge is 0.480 e. The molecule has 8 nitrogen and oxygen atoms in total. The second-order valence-electron chi connectivity index (χ2n) is 5.57.